The number of thioether (sulfide) groups is 1. The summed E-state index contributed by atoms with van der Waals surface area (Å²) in [5, 5.41) is 0. The van der Waals surface area contributed by atoms with Crippen LogP contribution in [0.5, 0.6) is 0 Å². The van der Waals surface area contributed by atoms with Crippen LogP contribution in [0.15, 0.2) is 53.6 Å². The van der Waals surface area contributed by atoms with Gasteiger partial charge in [-0.2, -0.15) is 0 Å². The van der Waals surface area contributed by atoms with Crippen molar-refractivity contribution in [2.24, 2.45) is 0 Å². The second-order valence-electron chi connectivity index (χ2n) is 4.37. The summed E-state index contributed by atoms with van der Waals surface area (Å²) in [5.41, 5.74) is 3.17. The first-order valence-electron chi connectivity index (χ1n) is 6.04. The van der Waals surface area contributed by atoms with Gasteiger partial charge in [-0.15, -0.1) is 11.8 Å². The standard InChI is InChI=1S/C15H13FN2S/c1-11-3-2-4-15-17-13(9-18(11)15)10-19-14-7-5-12(16)6-8-14/h2-9H,10H2,1H3. The minimum Gasteiger partial charge on any atom is -0.304 e. The monoisotopic (exact) mass is 272 g/mol. The van der Waals surface area contributed by atoms with Crippen molar-refractivity contribution in [2.45, 2.75) is 17.6 Å². The Morgan fingerprint density at radius 3 is 2.68 bits per heavy atom. The van der Waals surface area contributed by atoms with Crippen LogP contribution in [0, 0.1) is 12.7 Å². The highest BCUT2D eigenvalue weighted by molar-refractivity contribution is 7.98. The maximum Gasteiger partial charge on any atom is 0.137 e. The molecule has 0 bridgehead atoms. The SMILES string of the molecule is Cc1cccc2nc(CSc3ccc(F)cc3)cn12. The van der Waals surface area contributed by atoms with Gasteiger partial charge in [0.2, 0.25) is 0 Å². The number of nitrogens with zero attached hydrogens (tertiary/aromatic N) is 2. The third kappa shape index (κ3) is 2.63. The Morgan fingerprint density at radius 1 is 1.16 bits per heavy atom. The number of fused-ring (bicyclic) bond motifs is 1. The number of halogens is 1. The molecule has 0 fully saturated rings. The fourth-order valence-electron chi connectivity index (χ4n) is 1.96. The molecule has 0 radical (unpaired) electrons. The predicted octanol–water partition coefficient (Wildman–Crippen LogP) is 4.07. The molecule has 0 saturated carbocycles. The van der Waals surface area contributed by atoms with E-state index in [1.165, 1.54) is 17.8 Å². The molecule has 0 N–H and O–H groups in total. The minimum atomic E-state index is -0.201. The van der Waals surface area contributed by atoms with E-state index in [0.29, 0.717) is 0 Å². The lowest BCUT2D eigenvalue weighted by atomic mass is 10.4. The van der Waals surface area contributed by atoms with E-state index in [1.54, 1.807) is 23.9 Å². The van der Waals surface area contributed by atoms with Crippen molar-refractivity contribution in [3.8, 4) is 0 Å². The molecule has 19 heavy (non-hydrogen) atoms. The Morgan fingerprint density at radius 2 is 1.95 bits per heavy atom. The average Bonchev–Trinajstić information content (AvgIpc) is 2.83. The summed E-state index contributed by atoms with van der Waals surface area (Å²) in [7, 11) is 0. The quantitative estimate of drug-likeness (QED) is 0.668. The number of aryl methyl sites for hydroxylation is 1. The van der Waals surface area contributed by atoms with Gasteiger partial charge in [-0.05, 0) is 43.3 Å². The summed E-state index contributed by atoms with van der Waals surface area (Å²) in [4.78, 5) is 5.63. The van der Waals surface area contributed by atoms with Gasteiger partial charge in [0.05, 0.1) is 5.69 Å². The number of aromatic nitrogens is 2. The van der Waals surface area contributed by atoms with Gasteiger partial charge in [-0.25, -0.2) is 9.37 Å². The van der Waals surface area contributed by atoms with Crippen LogP contribution in [0.2, 0.25) is 0 Å². The minimum absolute atomic E-state index is 0.201. The number of rotatable bonds is 3. The average molecular weight is 272 g/mol. The smallest absolute Gasteiger partial charge is 0.137 e. The van der Waals surface area contributed by atoms with Crippen LogP contribution in [0.1, 0.15) is 11.4 Å². The highest BCUT2D eigenvalue weighted by atomic mass is 32.2. The molecule has 0 aliphatic rings. The van der Waals surface area contributed by atoms with Crippen LogP contribution in [0.25, 0.3) is 5.65 Å². The van der Waals surface area contributed by atoms with E-state index in [2.05, 4.69) is 28.6 Å². The van der Waals surface area contributed by atoms with Crippen molar-refractivity contribution in [2.75, 3.05) is 0 Å². The van der Waals surface area contributed by atoms with Gasteiger partial charge in [0.15, 0.2) is 0 Å². The van der Waals surface area contributed by atoms with Crippen molar-refractivity contribution in [1.82, 2.24) is 9.38 Å². The van der Waals surface area contributed by atoms with E-state index >= 15 is 0 Å². The topological polar surface area (TPSA) is 17.3 Å². The second-order valence-corrected chi connectivity index (χ2v) is 5.42. The van der Waals surface area contributed by atoms with Crippen molar-refractivity contribution in [3.05, 3.63) is 65.9 Å². The first kappa shape index (κ1) is 12.2. The lowest BCUT2D eigenvalue weighted by molar-refractivity contribution is 0.626. The van der Waals surface area contributed by atoms with E-state index < -0.39 is 0 Å². The van der Waals surface area contributed by atoms with Crippen LogP contribution in [-0.2, 0) is 5.75 Å². The fourth-order valence-corrected chi connectivity index (χ4v) is 2.74. The van der Waals surface area contributed by atoms with Crippen LogP contribution in [0.3, 0.4) is 0 Å². The van der Waals surface area contributed by atoms with Crippen LogP contribution in [0.4, 0.5) is 4.39 Å². The second kappa shape index (κ2) is 5.05. The van der Waals surface area contributed by atoms with Gasteiger partial charge in [0, 0.05) is 22.5 Å². The number of pyridine rings is 1. The Labute approximate surface area is 115 Å². The van der Waals surface area contributed by atoms with Gasteiger partial charge >= 0.3 is 0 Å². The molecular formula is C15H13FN2S. The normalized spacial score (nSPS) is 11.1. The zero-order valence-electron chi connectivity index (χ0n) is 10.5. The molecule has 2 aromatic heterocycles. The number of benzene rings is 1. The first-order chi connectivity index (χ1) is 9.22. The molecule has 96 valence electrons. The van der Waals surface area contributed by atoms with Gasteiger partial charge in [0.1, 0.15) is 11.5 Å². The molecule has 4 heteroatoms. The highest BCUT2D eigenvalue weighted by Gasteiger charge is 2.04. The molecule has 2 nitrogen and oxygen atoms in total. The molecule has 0 unspecified atom stereocenters. The highest BCUT2D eigenvalue weighted by Crippen LogP contribution is 2.23. The molecular weight excluding hydrogens is 259 g/mol. The maximum absolute atomic E-state index is 12.8. The third-order valence-electron chi connectivity index (χ3n) is 2.95. The summed E-state index contributed by atoms with van der Waals surface area (Å²) in [6, 6.07) is 12.6. The van der Waals surface area contributed by atoms with Crippen molar-refractivity contribution < 1.29 is 4.39 Å². The lowest BCUT2D eigenvalue weighted by Crippen LogP contribution is -1.86. The maximum atomic E-state index is 12.8. The van der Waals surface area contributed by atoms with E-state index in [1.807, 2.05) is 12.1 Å². The molecule has 0 aliphatic heterocycles. The molecule has 3 rings (SSSR count). The van der Waals surface area contributed by atoms with Gasteiger partial charge in [-0.3, -0.25) is 0 Å². The van der Waals surface area contributed by atoms with E-state index in [4.69, 9.17) is 0 Å². The van der Waals surface area contributed by atoms with Crippen molar-refractivity contribution in [3.63, 3.8) is 0 Å². The third-order valence-corrected chi connectivity index (χ3v) is 3.99. The molecule has 0 amide bonds. The fraction of sp³-hybridized carbons (Fsp3) is 0.133. The largest absolute Gasteiger partial charge is 0.304 e. The summed E-state index contributed by atoms with van der Waals surface area (Å²) in [5.74, 6) is 0.583. The summed E-state index contributed by atoms with van der Waals surface area (Å²) in [6.07, 6.45) is 2.06. The molecule has 0 saturated heterocycles. The molecule has 0 aliphatic carbocycles. The van der Waals surface area contributed by atoms with Crippen molar-refractivity contribution in [1.29, 1.82) is 0 Å². The Kier molecular flexibility index (Phi) is 3.25. The first-order valence-corrected chi connectivity index (χ1v) is 7.03. The molecule has 1 aromatic carbocycles. The Bertz CT molecular complexity index is 704. The lowest BCUT2D eigenvalue weighted by Gasteiger charge is -1.98. The molecule has 0 spiro atoms. The zero-order valence-corrected chi connectivity index (χ0v) is 11.3. The Balaban J connectivity index is 1.78. The van der Waals surface area contributed by atoms with Crippen LogP contribution in [-0.4, -0.2) is 9.38 Å². The van der Waals surface area contributed by atoms with E-state index in [-0.39, 0.29) is 5.82 Å². The summed E-state index contributed by atoms with van der Waals surface area (Å²) < 4.78 is 14.9. The summed E-state index contributed by atoms with van der Waals surface area (Å²) >= 11 is 1.66. The van der Waals surface area contributed by atoms with Crippen LogP contribution < -0.4 is 0 Å². The van der Waals surface area contributed by atoms with Crippen molar-refractivity contribution >= 4 is 17.4 Å². The number of hydrogen-bond donors (Lipinski definition) is 0. The summed E-state index contributed by atoms with van der Waals surface area (Å²) in [6.45, 7) is 2.06. The van der Waals surface area contributed by atoms with E-state index in [0.717, 1.165) is 22.0 Å². The molecule has 0 atom stereocenters. The molecule has 3 aromatic rings. The molecule has 2 heterocycles. The zero-order chi connectivity index (χ0) is 13.2. The van der Waals surface area contributed by atoms with Gasteiger partial charge < -0.3 is 4.40 Å². The predicted molar refractivity (Wildman–Crippen MR) is 75.9 cm³/mol. The number of hydrogen-bond acceptors (Lipinski definition) is 2. The van der Waals surface area contributed by atoms with Gasteiger partial charge in [-0.1, -0.05) is 6.07 Å². The van der Waals surface area contributed by atoms with Crippen LogP contribution >= 0.6 is 11.8 Å². The van der Waals surface area contributed by atoms with E-state index in [9.17, 15) is 4.39 Å². The number of imidazole rings is 1. The Hall–Kier alpha value is -1.81. The van der Waals surface area contributed by atoms with Gasteiger partial charge in [0.25, 0.3) is 0 Å².